The molecule has 2 N–H and O–H groups in total. The Morgan fingerprint density at radius 1 is 1.17 bits per heavy atom. The van der Waals surface area contributed by atoms with Crippen LogP contribution < -0.4 is 25.8 Å². The Morgan fingerprint density at radius 3 is 2.69 bits per heavy atom. The molecule has 2 aliphatic rings. The van der Waals surface area contributed by atoms with E-state index in [-0.39, 0.29) is 27.8 Å². The highest BCUT2D eigenvalue weighted by Gasteiger charge is 2.34. The minimum atomic E-state index is -4.63. The van der Waals surface area contributed by atoms with Gasteiger partial charge in [-0.1, -0.05) is 35.1 Å². The van der Waals surface area contributed by atoms with Crippen molar-refractivity contribution in [1.29, 1.82) is 0 Å². The van der Waals surface area contributed by atoms with Crippen LogP contribution in [0.2, 0.25) is 5.02 Å². The van der Waals surface area contributed by atoms with Gasteiger partial charge in [0.05, 0.1) is 22.0 Å². The second-order valence-electron chi connectivity index (χ2n) is 8.11. The molecule has 5 rings (SSSR count). The van der Waals surface area contributed by atoms with Crippen molar-refractivity contribution >= 4 is 34.7 Å². The maximum absolute atomic E-state index is 13.8. The number of fused-ring (bicyclic) bond motifs is 1. The molecule has 1 aromatic heterocycles. The number of halogens is 4. The van der Waals surface area contributed by atoms with Crippen LogP contribution in [0.5, 0.6) is 5.88 Å². The van der Waals surface area contributed by atoms with Crippen molar-refractivity contribution in [3.8, 4) is 5.88 Å². The highest BCUT2D eigenvalue weighted by Crippen LogP contribution is 2.37. The van der Waals surface area contributed by atoms with E-state index in [0.29, 0.717) is 47.9 Å². The summed E-state index contributed by atoms with van der Waals surface area (Å²) >= 11 is 6.67. The molecule has 35 heavy (non-hydrogen) atoms. The van der Waals surface area contributed by atoms with Gasteiger partial charge in [-0.25, -0.2) is 0 Å². The summed E-state index contributed by atoms with van der Waals surface area (Å²) in [7, 11) is 0. The first-order valence-corrected chi connectivity index (χ1v) is 11.9. The standard InChI is InChI=1S/C23H19ClF3N5O2S/c24-16-3-1-14(18(11-16)23(25,26)27)10-17(13-2-4-19-15(9-13)12-29-30-19)20-21(33)32(22(34)35-20)31-7-5-28-6-8-31/h1-4,9,11-12,28,33H,5-8,10H2. The van der Waals surface area contributed by atoms with Crippen molar-refractivity contribution in [1.82, 2.24) is 9.99 Å². The summed E-state index contributed by atoms with van der Waals surface area (Å²) in [6, 6.07) is 8.75. The lowest BCUT2D eigenvalue weighted by atomic mass is 9.96. The lowest BCUT2D eigenvalue weighted by molar-refractivity contribution is -0.138. The molecule has 0 spiro atoms. The highest BCUT2D eigenvalue weighted by atomic mass is 35.5. The lowest BCUT2D eigenvalue weighted by Crippen LogP contribution is -2.51. The van der Waals surface area contributed by atoms with Crippen molar-refractivity contribution < 1.29 is 18.3 Å². The molecule has 2 aromatic carbocycles. The summed E-state index contributed by atoms with van der Waals surface area (Å²) in [4.78, 5) is 12.7. The summed E-state index contributed by atoms with van der Waals surface area (Å²) in [6.45, 7) is 2.29. The summed E-state index contributed by atoms with van der Waals surface area (Å²) in [6.07, 6.45) is -3.26. The van der Waals surface area contributed by atoms with E-state index in [1.165, 1.54) is 16.8 Å². The van der Waals surface area contributed by atoms with Crippen molar-refractivity contribution in [3.05, 3.63) is 83.2 Å². The number of rotatable bonds is 4. The maximum Gasteiger partial charge on any atom is 0.416 e. The summed E-state index contributed by atoms with van der Waals surface area (Å²) in [5, 5.41) is 25.1. The fourth-order valence-corrected chi connectivity index (χ4v) is 5.34. The predicted octanol–water partition coefficient (Wildman–Crippen LogP) is 2.24. The van der Waals surface area contributed by atoms with Crippen LogP contribution in [-0.4, -0.2) is 42.2 Å². The number of aromatic hydroxyl groups is 1. The van der Waals surface area contributed by atoms with Crippen LogP contribution in [-0.2, 0) is 12.6 Å². The predicted molar refractivity (Wildman–Crippen MR) is 129 cm³/mol. The third kappa shape index (κ3) is 4.58. The number of benzene rings is 2. The Hall–Kier alpha value is -3.15. The lowest BCUT2D eigenvalue weighted by Gasteiger charge is -2.29. The van der Waals surface area contributed by atoms with Gasteiger partial charge in [-0.3, -0.25) is 4.79 Å². The Bertz CT molecular complexity index is 1510. The smallest absolute Gasteiger partial charge is 0.416 e. The van der Waals surface area contributed by atoms with Crippen LogP contribution in [0.3, 0.4) is 0 Å². The van der Waals surface area contributed by atoms with E-state index in [2.05, 4.69) is 15.5 Å². The highest BCUT2D eigenvalue weighted by molar-refractivity contribution is 7.10. The Balaban J connectivity index is 1.71. The molecular formula is C23H19ClF3N5O2S. The average Bonchev–Trinajstić information content (AvgIpc) is 3.41. The topological polar surface area (TPSA) is 82.2 Å². The van der Waals surface area contributed by atoms with Crippen LogP contribution in [0.1, 0.15) is 21.6 Å². The van der Waals surface area contributed by atoms with Crippen LogP contribution >= 0.6 is 22.9 Å². The molecule has 1 fully saturated rings. The normalized spacial score (nSPS) is 16.3. The van der Waals surface area contributed by atoms with Gasteiger partial charge >= 0.3 is 11.0 Å². The molecule has 0 radical (unpaired) electrons. The first-order valence-electron chi connectivity index (χ1n) is 10.7. The second-order valence-corrected chi connectivity index (χ2v) is 9.51. The number of alkyl halides is 3. The van der Waals surface area contributed by atoms with E-state index in [1.54, 1.807) is 29.4 Å². The van der Waals surface area contributed by atoms with Gasteiger partial charge in [0.25, 0.3) is 0 Å². The monoisotopic (exact) mass is 521 g/mol. The molecule has 3 aromatic rings. The van der Waals surface area contributed by atoms with E-state index < -0.39 is 16.6 Å². The van der Waals surface area contributed by atoms with Crippen molar-refractivity contribution in [3.63, 3.8) is 0 Å². The number of nitrogens with one attached hydrogen (secondary N) is 1. The van der Waals surface area contributed by atoms with Gasteiger partial charge in [0.1, 0.15) is 0 Å². The van der Waals surface area contributed by atoms with Gasteiger partial charge in [0.2, 0.25) is 5.88 Å². The molecule has 0 aliphatic carbocycles. The third-order valence-electron chi connectivity index (χ3n) is 5.90. The largest absolute Gasteiger partial charge is 0.492 e. The van der Waals surface area contributed by atoms with Gasteiger partial charge in [-0.05, 0) is 40.6 Å². The van der Waals surface area contributed by atoms with Crippen LogP contribution in [0.15, 0.2) is 51.4 Å². The molecule has 0 amide bonds. The molecule has 2 aliphatic heterocycles. The zero-order chi connectivity index (χ0) is 24.7. The maximum atomic E-state index is 13.8. The molecule has 0 unspecified atom stereocenters. The summed E-state index contributed by atoms with van der Waals surface area (Å²) < 4.78 is 42.7. The zero-order valence-electron chi connectivity index (χ0n) is 18.1. The van der Waals surface area contributed by atoms with Crippen molar-refractivity contribution in [2.24, 2.45) is 10.2 Å². The van der Waals surface area contributed by atoms with E-state index in [0.717, 1.165) is 17.4 Å². The number of hydrogen-bond donors (Lipinski definition) is 2. The quantitative estimate of drug-likeness (QED) is 0.552. The molecule has 0 saturated carbocycles. The van der Waals surface area contributed by atoms with Crippen LogP contribution in [0.25, 0.3) is 5.57 Å². The molecule has 0 bridgehead atoms. The van der Waals surface area contributed by atoms with E-state index in [1.807, 2.05) is 0 Å². The SMILES string of the molecule is O=c1sc(C(Cc2ccc(Cl)cc2C(F)(F)F)=c2ccc3c(c2)C=NN=3)c(O)n1N1CCNCC1. The zero-order valence-corrected chi connectivity index (χ0v) is 19.7. The van der Waals surface area contributed by atoms with Crippen molar-refractivity contribution in [2.45, 2.75) is 12.6 Å². The fourth-order valence-electron chi connectivity index (χ4n) is 4.22. The van der Waals surface area contributed by atoms with E-state index in [4.69, 9.17) is 11.6 Å². The molecule has 0 atom stereocenters. The van der Waals surface area contributed by atoms with Crippen LogP contribution in [0.4, 0.5) is 13.2 Å². The van der Waals surface area contributed by atoms with Gasteiger partial charge in [-0.2, -0.15) is 28.1 Å². The first kappa shape index (κ1) is 23.6. The van der Waals surface area contributed by atoms with Gasteiger partial charge in [-0.15, -0.1) is 0 Å². The fraction of sp³-hybridized carbons (Fsp3) is 0.261. The van der Waals surface area contributed by atoms with Gasteiger partial charge < -0.3 is 15.4 Å². The van der Waals surface area contributed by atoms with Crippen LogP contribution in [0, 0.1) is 0 Å². The average molecular weight is 522 g/mol. The minimum Gasteiger partial charge on any atom is -0.492 e. The molecule has 1 saturated heterocycles. The Morgan fingerprint density at radius 2 is 1.94 bits per heavy atom. The third-order valence-corrected chi connectivity index (χ3v) is 7.11. The summed E-state index contributed by atoms with van der Waals surface area (Å²) in [5.74, 6) is -0.293. The molecular weight excluding hydrogens is 503 g/mol. The first-order chi connectivity index (χ1) is 16.7. The van der Waals surface area contributed by atoms with Gasteiger partial charge in [0.15, 0.2) is 0 Å². The second kappa shape index (κ2) is 9.14. The van der Waals surface area contributed by atoms with E-state index in [9.17, 15) is 23.1 Å². The van der Waals surface area contributed by atoms with Gasteiger partial charge in [0, 0.05) is 43.2 Å². The number of aromatic nitrogens is 1. The number of nitrogens with zero attached hydrogens (tertiary/aromatic N) is 4. The molecule has 182 valence electrons. The van der Waals surface area contributed by atoms with Crippen molar-refractivity contribution in [2.75, 3.05) is 31.2 Å². The number of piperazine rings is 1. The minimum absolute atomic E-state index is 0.0234. The molecule has 7 nitrogen and oxygen atoms in total. The Kier molecular flexibility index (Phi) is 6.16. The number of hydrogen-bond acceptors (Lipinski definition) is 7. The van der Waals surface area contributed by atoms with E-state index >= 15 is 0 Å². The summed E-state index contributed by atoms with van der Waals surface area (Å²) in [5.41, 5.74) is 0.188. The number of thiazole rings is 1. The molecule has 3 heterocycles. The molecule has 12 heteroatoms. The Labute approximate surface area is 206 Å².